The molecule has 1 atom stereocenters. The molecule has 2 aliphatic heterocycles. The van der Waals surface area contributed by atoms with Gasteiger partial charge in [-0.05, 0) is 91.9 Å². The Kier molecular flexibility index (Phi) is 7.59. The van der Waals surface area contributed by atoms with Crippen LogP contribution in [0.4, 0.5) is 0 Å². The van der Waals surface area contributed by atoms with Crippen LogP contribution in [0.2, 0.25) is 0 Å². The molecule has 35 heavy (non-hydrogen) atoms. The number of carbonyl (C=O) groups excluding carboxylic acids is 1. The number of aryl methyl sites for hydroxylation is 1. The van der Waals surface area contributed by atoms with Crippen LogP contribution in [0.1, 0.15) is 35.3 Å². The van der Waals surface area contributed by atoms with Gasteiger partial charge in [-0.15, -0.1) is 11.3 Å². The number of nitrogens with zero attached hydrogens (tertiary/aromatic N) is 2. The SMILES string of the molecule is COc1cc2c(cc1OC)CC(=O)N(CC1CCCN(CCCc3cc4ccccc4s3)C1)CC2. The van der Waals surface area contributed by atoms with E-state index in [2.05, 4.69) is 40.1 Å². The van der Waals surface area contributed by atoms with Gasteiger partial charge in [0.2, 0.25) is 5.91 Å². The molecule has 0 N–H and O–H groups in total. The Morgan fingerprint density at radius 2 is 1.83 bits per heavy atom. The normalized spacial score (nSPS) is 19.0. The second-order valence-electron chi connectivity index (χ2n) is 9.91. The van der Waals surface area contributed by atoms with Crippen molar-refractivity contribution in [2.45, 2.75) is 38.5 Å². The Hall–Kier alpha value is -2.57. The highest BCUT2D eigenvalue weighted by molar-refractivity contribution is 7.19. The lowest BCUT2D eigenvalue weighted by Gasteiger charge is -2.35. The summed E-state index contributed by atoms with van der Waals surface area (Å²) in [6, 6.07) is 15.0. The minimum Gasteiger partial charge on any atom is -0.493 e. The molecule has 2 aliphatic rings. The lowest BCUT2D eigenvalue weighted by Crippen LogP contribution is -2.43. The Morgan fingerprint density at radius 3 is 2.63 bits per heavy atom. The number of piperidine rings is 1. The zero-order chi connectivity index (χ0) is 24.2. The molecule has 2 aromatic carbocycles. The first kappa shape index (κ1) is 24.1. The van der Waals surface area contributed by atoms with Gasteiger partial charge in [-0.1, -0.05) is 18.2 Å². The molecule has 1 unspecified atom stereocenters. The summed E-state index contributed by atoms with van der Waals surface area (Å²) in [4.78, 5) is 19.3. The monoisotopic (exact) mass is 492 g/mol. The van der Waals surface area contributed by atoms with Crippen molar-refractivity contribution in [3.05, 3.63) is 58.5 Å². The van der Waals surface area contributed by atoms with E-state index in [-0.39, 0.29) is 5.91 Å². The van der Waals surface area contributed by atoms with Crippen LogP contribution in [0.3, 0.4) is 0 Å². The summed E-state index contributed by atoms with van der Waals surface area (Å²) in [5, 5.41) is 1.37. The molecule has 0 spiro atoms. The van der Waals surface area contributed by atoms with Gasteiger partial charge in [0.15, 0.2) is 11.5 Å². The number of hydrogen-bond acceptors (Lipinski definition) is 5. The number of ether oxygens (including phenoxy) is 2. The van der Waals surface area contributed by atoms with Gasteiger partial charge in [0.25, 0.3) is 0 Å². The average Bonchev–Trinajstić information content (AvgIpc) is 3.23. The Balaban J connectivity index is 1.14. The van der Waals surface area contributed by atoms with E-state index in [0.29, 0.717) is 18.1 Å². The van der Waals surface area contributed by atoms with Gasteiger partial charge >= 0.3 is 0 Å². The van der Waals surface area contributed by atoms with Crippen molar-refractivity contribution in [3.63, 3.8) is 0 Å². The van der Waals surface area contributed by atoms with Crippen LogP contribution in [0.25, 0.3) is 10.1 Å². The molecule has 3 aromatic rings. The Bertz CT molecular complexity index is 1140. The average molecular weight is 493 g/mol. The van der Waals surface area contributed by atoms with E-state index >= 15 is 0 Å². The summed E-state index contributed by atoms with van der Waals surface area (Å²) in [5.41, 5.74) is 2.27. The van der Waals surface area contributed by atoms with Crippen LogP contribution >= 0.6 is 11.3 Å². The number of likely N-dealkylation sites (tertiary alicyclic amines) is 1. The molecule has 3 heterocycles. The lowest BCUT2D eigenvalue weighted by molar-refractivity contribution is -0.131. The summed E-state index contributed by atoms with van der Waals surface area (Å²) < 4.78 is 12.3. The third-order valence-electron chi connectivity index (χ3n) is 7.51. The molecular weight excluding hydrogens is 456 g/mol. The summed E-state index contributed by atoms with van der Waals surface area (Å²) in [6.07, 6.45) is 6.10. The van der Waals surface area contributed by atoms with Crippen molar-refractivity contribution < 1.29 is 14.3 Å². The summed E-state index contributed by atoms with van der Waals surface area (Å²) in [5.74, 6) is 2.23. The van der Waals surface area contributed by atoms with E-state index in [1.165, 1.54) is 46.3 Å². The number of fused-ring (bicyclic) bond motifs is 2. The fourth-order valence-electron chi connectivity index (χ4n) is 5.66. The second-order valence-corrected chi connectivity index (χ2v) is 11.1. The first-order valence-corrected chi connectivity index (χ1v) is 13.7. The number of methoxy groups -OCH3 is 2. The summed E-state index contributed by atoms with van der Waals surface area (Å²) in [6.45, 7) is 5.08. The van der Waals surface area contributed by atoms with E-state index in [1.54, 1.807) is 14.2 Å². The van der Waals surface area contributed by atoms with Crippen molar-refractivity contribution in [1.29, 1.82) is 0 Å². The predicted molar refractivity (Wildman–Crippen MR) is 143 cm³/mol. The molecule has 1 aromatic heterocycles. The minimum atomic E-state index is 0.234. The maximum atomic E-state index is 13.1. The minimum absolute atomic E-state index is 0.234. The summed E-state index contributed by atoms with van der Waals surface area (Å²) >= 11 is 1.93. The van der Waals surface area contributed by atoms with Gasteiger partial charge in [-0.2, -0.15) is 0 Å². The van der Waals surface area contributed by atoms with Gasteiger partial charge in [-0.25, -0.2) is 0 Å². The number of rotatable bonds is 8. The first-order chi connectivity index (χ1) is 17.1. The van der Waals surface area contributed by atoms with Crippen molar-refractivity contribution in [2.24, 2.45) is 5.92 Å². The van der Waals surface area contributed by atoms with Crippen LogP contribution in [0, 0.1) is 5.92 Å². The second kappa shape index (κ2) is 11.0. The fraction of sp³-hybridized carbons (Fsp3) is 0.483. The summed E-state index contributed by atoms with van der Waals surface area (Å²) in [7, 11) is 3.31. The quantitative estimate of drug-likeness (QED) is 0.434. The zero-order valence-corrected chi connectivity index (χ0v) is 21.7. The molecular formula is C29H36N2O3S. The third kappa shape index (κ3) is 5.65. The number of amides is 1. The van der Waals surface area contributed by atoms with Gasteiger partial charge in [-0.3, -0.25) is 4.79 Å². The van der Waals surface area contributed by atoms with Crippen LogP contribution < -0.4 is 9.47 Å². The Morgan fingerprint density at radius 1 is 1.03 bits per heavy atom. The molecule has 5 rings (SSSR count). The number of benzene rings is 2. The molecule has 0 aliphatic carbocycles. The van der Waals surface area contributed by atoms with Crippen LogP contribution in [-0.2, 0) is 24.1 Å². The fourth-order valence-corrected chi connectivity index (χ4v) is 6.77. The topological polar surface area (TPSA) is 42.0 Å². The molecule has 6 heteroatoms. The molecule has 0 saturated carbocycles. The lowest BCUT2D eigenvalue weighted by atomic mass is 9.97. The molecule has 186 valence electrons. The molecule has 0 radical (unpaired) electrons. The standard InChI is InChI=1S/C29H36N2O3S/c1-33-26-16-22-11-14-31(29(32)18-24(22)17-27(26)34-2)20-21-7-5-12-30(19-21)13-6-9-25-15-23-8-3-4-10-28(23)35-25/h3-4,8,10,15-17,21H,5-7,9,11-14,18-20H2,1-2H3. The van der Waals surface area contributed by atoms with Crippen molar-refractivity contribution >= 4 is 27.3 Å². The molecule has 5 nitrogen and oxygen atoms in total. The zero-order valence-electron chi connectivity index (χ0n) is 20.9. The maximum absolute atomic E-state index is 13.1. The van der Waals surface area contributed by atoms with Crippen LogP contribution in [0.5, 0.6) is 11.5 Å². The number of thiophene rings is 1. The van der Waals surface area contributed by atoms with Crippen molar-refractivity contribution in [3.8, 4) is 11.5 Å². The Labute approximate surface area is 212 Å². The van der Waals surface area contributed by atoms with E-state index in [4.69, 9.17) is 9.47 Å². The smallest absolute Gasteiger partial charge is 0.227 e. The van der Waals surface area contributed by atoms with E-state index in [1.807, 2.05) is 23.5 Å². The first-order valence-electron chi connectivity index (χ1n) is 12.8. The molecule has 0 bridgehead atoms. The predicted octanol–water partition coefficient (Wildman–Crippen LogP) is 5.19. The molecule has 1 fully saturated rings. The highest BCUT2D eigenvalue weighted by Crippen LogP contribution is 2.33. The molecule has 1 amide bonds. The number of carbonyl (C=O) groups is 1. The van der Waals surface area contributed by atoms with Gasteiger partial charge in [0, 0.05) is 29.2 Å². The van der Waals surface area contributed by atoms with Crippen molar-refractivity contribution in [1.82, 2.24) is 9.80 Å². The van der Waals surface area contributed by atoms with E-state index in [9.17, 15) is 4.79 Å². The maximum Gasteiger partial charge on any atom is 0.227 e. The van der Waals surface area contributed by atoms with E-state index < -0.39 is 0 Å². The van der Waals surface area contributed by atoms with Gasteiger partial charge < -0.3 is 19.3 Å². The van der Waals surface area contributed by atoms with Gasteiger partial charge in [0.1, 0.15) is 0 Å². The molecule has 1 saturated heterocycles. The van der Waals surface area contributed by atoms with Crippen LogP contribution in [-0.4, -0.2) is 62.7 Å². The van der Waals surface area contributed by atoms with Crippen LogP contribution in [0.15, 0.2) is 42.5 Å². The largest absolute Gasteiger partial charge is 0.493 e. The van der Waals surface area contributed by atoms with Crippen molar-refractivity contribution in [2.75, 3.05) is 46.9 Å². The third-order valence-corrected chi connectivity index (χ3v) is 8.68. The highest BCUT2D eigenvalue weighted by Gasteiger charge is 2.27. The highest BCUT2D eigenvalue weighted by atomic mass is 32.1. The van der Waals surface area contributed by atoms with E-state index in [0.717, 1.165) is 50.3 Å². The van der Waals surface area contributed by atoms with Gasteiger partial charge in [0.05, 0.1) is 20.6 Å². The number of hydrogen-bond donors (Lipinski definition) is 0.